The van der Waals surface area contributed by atoms with Gasteiger partial charge in [0.1, 0.15) is 11.4 Å². The van der Waals surface area contributed by atoms with Gasteiger partial charge in [-0.2, -0.15) is 0 Å². The first-order valence-corrected chi connectivity index (χ1v) is 11.2. The summed E-state index contributed by atoms with van der Waals surface area (Å²) in [5.74, 6) is -0.251. The second-order valence-corrected chi connectivity index (χ2v) is 9.58. The van der Waals surface area contributed by atoms with Crippen molar-refractivity contribution in [1.29, 1.82) is 0 Å². The molecular weight excluding hydrogens is 396 g/mol. The molecule has 3 rings (SSSR count). The topological polar surface area (TPSA) is 101 Å². The SMILES string of the molecule is Cc1cc(NC(=O)C(=O)N2CCCCC2C2CCCC2)cnc1NC(=O)OC(C)(C)C. The molecule has 3 amide bonds. The monoisotopic (exact) mass is 430 g/mol. The molecule has 0 bridgehead atoms. The van der Waals surface area contributed by atoms with Crippen LogP contribution in [0.5, 0.6) is 0 Å². The maximum absolute atomic E-state index is 12.9. The van der Waals surface area contributed by atoms with E-state index in [4.69, 9.17) is 4.74 Å². The van der Waals surface area contributed by atoms with Gasteiger partial charge < -0.3 is 15.0 Å². The zero-order valence-corrected chi connectivity index (χ0v) is 19.0. The first-order valence-electron chi connectivity index (χ1n) is 11.2. The molecule has 0 spiro atoms. The number of aromatic nitrogens is 1. The Kier molecular flexibility index (Phi) is 7.18. The van der Waals surface area contributed by atoms with E-state index in [2.05, 4.69) is 15.6 Å². The van der Waals surface area contributed by atoms with Gasteiger partial charge in [-0.05, 0) is 77.3 Å². The van der Waals surface area contributed by atoms with E-state index in [0.717, 1.165) is 32.1 Å². The van der Waals surface area contributed by atoms with Crippen molar-refractivity contribution in [2.75, 3.05) is 17.2 Å². The van der Waals surface area contributed by atoms with Gasteiger partial charge >= 0.3 is 17.9 Å². The molecule has 2 aliphatic rings. The number of carbonyl (C=O) groups is 3. The molecule has 1 saturated heterocycles. The van der Waals surface area contributed by atoms with Crippen molar-refractivity contribution in [2.45, 2.75) is 84.3 Å². The lowest BCUT2D eigenvalue weighted by molar-refractivity contribution is -0.146. The summed E-state index contributed by atoms with van der Waals surface area (Å²) in [6.45, 7) is 7.74. The minimum absolute atomic E-state index is 0.176. The Morgan fingerprint density at radius 2 is 1.74 bits per heavy atom. The molecule has 31 heavy (non-hydrogen) atoms. The van der Waals surface area contributed by atoms with Gasteiger partial charge in [-0.3, -0.25) is 14.9 Å². The van der Waals surface area contributed by atoms with Crippen molar-refractivity contribution in [3.8, 4) is 0 Å². The largest absolute Gasteiger partial charge is 0.444 e. The summed E-state index contributed by atoms with van der Waals surface area (Å²) in [7, 11) is 0. The number of ether oxygens (including phenoxy) is 1. The molecule has 1 aromatic rings. The molecule has 2 N–H and O–H groups in total. The summed E-state index contributed by atoms with van der Waals surface area (Å²) in [4.78, 5) is 43.5. The zero-order chi connectivity index (χ0) is 22.6. The van der Waals surface area contributed by atoms with Gasteiger partial charge in [-0.15, -0.1) is 0 Å². The van der Waals surface area contributed by atoms with Gasteiger partial charge in [0, 0.05) is 12.6 Å². The van der Waals surface area contributed by atoms with Gasteiger partial charge in [0.15, 0.2) is 0 Å². The lowest BCUT2D eigenvalue weighted by Gasteiger charge is -2.38. The normalized spacial score (nSPS) is 19.7. The number of aryl methyl sites for hydroxylation is 1. The van der Waals surface area contributed by atoms with Crippen LogP contribution in [-0.2, 0) is 14.3 Å². The molecule has 1 saturated carbocycles. The fourth-order valence-corrected chi connectivity index (χ4v) is 4.53. The Morgan fingerprint density at radius 1 is 1.06 bits per heavy atom. The van der Waals surface area contributed by atoms with Gasteiger partial charge in [-0.25, -0.2) is 9.78 Å². The average molecular weight is 431 g/mol. The van der Waals surface area contributed by atoms with E-state index in [-0.39, 0.29) is 6.04 Å². The molecule has 1 unspecified atom stereocenters. The van der Waals surface area contributed by atoms with Crippen LogP contribution in [0, 0.1) is 12.8 Å². The minimum Gasteiger partial charge on any atom is -0.444 e. The first-order chi connectivity index (χ1) is 14.6. The summed E-state index contributed by atoms with van der Waals surface area (Å²) in [5.41, 5.74) is 0.454. The lowest BCUT2D eigenvalue weighted by Crippen LogP contribution is -2.50. The second-order valence-electron chi connectivity index (χ2n) is 9.58. The van der Waals surface area contributed by atoms with Gasteiger partial charge in [0.25, 0.3) is 0 Å². The molecule has 1 aromatic heterocycles. The Bertz CT molecular complexity index is 827. The van der Waals surface area contributed by atoms with E-state index in [1.807, 2.05) is 0 Å². The summed E-state index contributed by atoms with van der Waals surface area (Å²) >= 11 is 0. The van der Waals surface area contributed by atoms with Crippen LogP contribution in [0.25, 0.3) is 0 Å². The number of pyridine rings is 1. The number of likely N-dealkylation sites (tertiary alicyclic amines) is 1. The number of carbonyl (C=O) groups excluding carboxylic acids is 3. The summed E-state index contributed by atoms with van der Waals surface area (Å²) < 4.78 is 5.23. The van der Waals surface area contributed by atoms with Crippen molar-refractivity contribution < 1.29 is 19.1 Å². The number of nitrogens with zero attached hydrogens (tertiary/aromatic N) is 2. The number of nitrogens with one attached hydrogen (secondary N) is 2. The highest BCUT2D eigenvalue weighted by atomic mass is 16.6. The smallest absolute Gasteiger partial charge is 0.413 e. The fraction of sp³-hybridized carbons (Fsp3) is 0.652. The van der Waals surface area contributed by atoms with Crippen LogP contribution in [0.4, 0.5) is 16.3 Å². The van der Waals surface area contributed by atoms with Crippen LogP contribution in [0.15, 0.2) is 12.3 Å². The van der Waals surface area contributed by atoms with E-state index in [9.17, 15) is 14.4 Å². The van der Waals surface area contributed by atoms with E-state index < -0.39 is 23.5 Å². The highest BCUT2D eigenvalue weighted by Gasteiger charge is 2.36. The molecule has 1 aliphatic carbocycles. The van der Waals surface area contributed by atoms with E-state index >= 15 is 0 Å². The molecule has 8 nitrogen and oxygen atoms in total. The predicted molar refractivity (Wildman–Crippen MR) is 119 cm³/mol. The summed E-state index contributed by atoms with van der Waals surface area (Å²) in [6.07, 6.45) is 8.57. The minimum atomic E-state index is -0.640. The number of hydrogen-bond acceptors (Lipinski definition) is 5. The number of piperidine rings is 1. The molecule has 1 aliphatic heterocycles. The van der Waals surface area contributed by atoms with Crippen LogP contribution < -0.4 is 10.6 Å². The standard InChI is InChI=1S/C23H34N4O4/c1-15-13-17(14-24-19(15)26-22(30)31-23(2,3)4)25-20(28)21(29)27-12-8-7-11-18(27)16-9-5-6-10-16/h13-14,16,18H,5-12H2,1-4H3,(H,25,28)(H,24,26,30). The van der Waals surface area contributed by atoms with Crippen LogP contribution in [0.1, 0.15) is 71.3 Å². The average Bonchev–Trinajstić information content (AvgIpc) is 3.23. The van der Waals surface area contributed by atoms with Crippen LogP contribution >= 0.6 is 0 Å². The van der Waals surface area contributed by atoms with Crippen molar-refractivity contribution in [2.24, 2.45) is 5.92 Å². The van der Waals surface area contributed by atoms with Crippen LogP contribution in [0.3, 0.4) is 0 Å². The molecular formula is C23H34N4O4. The van der Waals surface area contributed by atoms with E-state index in [1.54, 1.807) is 38.7 Å². The number of hydrogen-bond donors (Lipinski definition) is 2. The van der Waals surface area contributed by atoms with Crippen molar-refractivity contribution >= 4 is 29.4 Å². The Labute approximate surface area is 184 Å². The summed E-state index contributed by atoms with van der Waals surface area (Å²) in [6, 6.07) is 1.85. The van der Waals surface area contributed by atoms with E-state index in [1.165, 1.54) is 19.0 Å². The Hall–Kier alpha value is -2.64. The first kappa shape index (κ1) is 23.0. The van der Waals surface area contributed by atoms with Gasteiger partial charge in [0.05, 0.1) is 11.9 Å². The lowest BCUT2D eigenvalue weighted by atomic mass is 9.89. The van der Waals surface area contributed by atoms with Gasteiger partial charge in [-0.1, -0.05) is 12.8 Å². The molecule has 1 atom stereocenters. The molecule has 2 heterocycles. The Morgan fingerprint density at radius 3 is 2.39 bits per heavy atom. The maximum Gasteiger partial charge on any atom is 0.413 e. The third-order valence-corrected chi connectivity index (χ3v) is 5.90. The molecule has 8 heteroatoms. The van der Waals surface area contributed by atoms with E-state index in [0.29, 0.717) is 29.5 Å². The van der Waals surface area contributed by atoms with Crippen LogP contribution in [-0.4, -0.2) is 46.0 Å². The quantitative estimate of drug-likeness (QED) is 0.698. The number of amides is 3. The van der Waals surface area contributed by atoms with Crippen molar-refractivity contribution in [3.63, 3.8) is 0 Å². The highest BCUT2D eigenvalue weighted by molar-refractivity contribution is 6.39. The third-order valence-electron chi connectivity index (χ3n) is 5.90. The Balaban J connectivity index is 1.62. The van der Waals surface area contributed by atoms with Crippen molar-refractivity contribution in [3.05, 3.63) is 17.8 Å². The zero-order valence-electron chi connectivity index (χ0n) is 19.0. The summed E-state index contributed by atoms with van der Waals surface area (Å²) in [5, 5.41) is 5.27. The van der Waals surface area contributed by atoms with Crippen molar-refractivity contribution in [1.82, 2.24) is 9.88 Å². The number of rotatable bonds is 3. The van der Waals surface area contributed by atoms with Crippen LogP contribution in [0.2, 0.25) is 0 Å². The number of anilines is 2. The molecule has 0 radical (unpaired) electrons. The second kappa shape index (κ2) is 9.66. The maximum atomic E-state index is 12.9. The molecule has 2 fully saturated rings. The molecule has 0 aromatic carbocycles. The fourth-order valence-electron chi connectivity index (χ4n) is 4.53. The highest BCUT2D eigenvalue weighted by Crippen LogP contribution is 2.35. The predicted octanol–water partition coefficient (Wildman–Crippen LogP) is 4.25. The molecule has 170 valence electrons. The van der Waals surface area contributed by atoms with Gasteiger partial charge in [0.2, 0.25) is 0 Å². The third kappa shape index (κ3) is 6.18.